The van der Waals surface area contributed by atoms with Crippen molar-refractivity contribution in [1.82, 2.24) is 10.1 Å². The van der Waals surface area contributed by atoms with Gasteiger partial charge in [-0.1, -0.05) is 5.16 Å². The summed E-state index contributed by atoms with van der Waals surface area (Å²) in [5.41, 5.74) is 7.30. The van der Waals surface area contributed by atoms with Crippen LogP contribution in [0.5, 0.6) is 0 Å². The molecule has 1 fully saturated rings. The lowest BCUT2D eigenvalue weighted by Gasteiger charge is -2.16. The maximum absolute atomic E-state index is 5.65. The molecule has 18 heavy (non-hydrogen) atoms. The maximum atomic E-state index is 5.65. The van der Waals surface area contributed by atoms with Gasteiger partial charge >= 0.3 is 0 Å². The second kappa shape index (κ2) is 5.24. The summed E-state index contributed by atoms with van der Waals surface area (Å²) in [5, 5.41) is 4.44. The van der Waals surface area contributed by atoms with E-state index in [0.29, 0.717) is 11.1 Å². The summed E-state index contributed by atoms with van der Waals surface area (Å²) in [4.78, 5) is 4.48. The third-order valence-electron chi connectivity index (χ3n) is 2.70. The Morgan fingerprint density at radius 3 is 2.78 bits per heavy atom. The smallest absolute Gasteiger partial charge is 0.257 e. The first-order valence-corrected chi connectivity index (χ1v) is 7.92. The second-order valence-electron chi connectivity index (χ2n) is 4.01. The van der Waals surface area contributed by atoms with Gasteiger partial charge in [-0.05, 0) is 24.3 Å². The predicted molar refractivity (Wildman–Crippen MR) is 76.7 cm³/mol. The van der Waals surface area contributed by atoms with Gasteiger partial charge in [-0.25, -0.2) is 0 Å². The number of hydrogen-bond donors (Lipinski definition) is 1. The minimum atomic E-state index is 0.357. The number of nitrogens with two attached hydrogens (primary N) is 1. The molecule has 6 heteroatoms. The lowest BCUT2D eigenvalue weighted by molar-refractivity contribution is 0.423. The summed E-state index contributed by atoms with van der Waals surface area (Å²) in [7, 11) is 0. The molecule has 1 saturated heterocycles. The topological polar surface area (TPSA) is 64.9 Å². The Balaban J connectivity index is 1.82. The highest BCUT2D eigenvalue weighted by Crippen LogP contribution is 2.35. The summed E-state index contributed by atoms with van der Waals surface area (Å²) in [5.74, 6) is 4.80. The van der Waals surface area contributed by atoms with Gasteiger partial charge < -0.3 is 10.3 Å². The molecule has 0 amide bonds. The van der Waals surface area contributed by atoms with Gasteiger partial charge in [0.25, 0.3) is 5.89 Å². The first-order valence-electron chi connectivity index (χ1n) is 5.72. The molecule has 1 aliphatic rings. The van der Waals surface area contributed by atoms with E-state index in [-0.39, 0.29) is 0 Å². The number of aromatic nitrogens is 2. The van der Waals surface area contributed by atoms with Crippen molar-refractivity contribution in [1.29, 1.82) is 0 Å². The van der Waals surface area contributed by atoms with Gasteiger partial charge in [0.1, 0.15) is 0 Å². The van der Waals surface area contributed by atoms with Crippen LogP contribution in [0.2, 0.25) is 0 Å². The first kappa shape index (κ1) is 11.9. The summed E-state index contributed by atoms with van der Waals surface area (Å²) in [6.45, 7) is 0. The monoisotopic (exact) mass is 279 g/mol. The summed E-state index contributed by atoms with van der Waals surface area (Å²) < 4.78 is 5.32. The summed E-state index contributed by atoms with van der Waals surface area (Å²) in [6, 6.07) is 7.47. The molecule has 1 atom stereocenters. The average molecular weight is 279 g/mol. The van der Waals surface area contributed by atoms with Crippen molar-refractivity contribution in [3.8, 4) is 11.5 Å². The number of nitrogen functional groups attached to an aromatic ring is 1. The highest BCUT2D eigenvalue weighted by Gasteiger charge is 2.22. The van der Waals surface area contributed by atoms with Crippen molar-refractivity contribution in [2.24, 2.45) is 0 Å². The standard InChI is InChI=1S/C12H13N3OS2/c13-9-3-1-8(2-4-9)12-14-11(15-16-12)10-7-17-5-6-18-10/h1-4,10H,5-7,13H2. The van der Waals surface area contributed by atoms with Crippen LogP contribution in [-0.4, -0.2) is 27.4 Å². The number of anilines is 1. The van der Waals surface area contributed by atoms with Crippen LogP contribution in [0, 0.1) is 0 Å². The maximum Gasteiger partial charge on any atom is 0.257 e. The van der Waals surface area contributed by atoms with Crippen LogP contribution in [0.25, 0.3) is 11.5 Å². The number of benzene rings is 1. The molecule has 4 nitrogen and oxygen atoms in total. The molecule has 3 rings (SSSR count). The molecule has 1 aliphatic heterocycles. The van der Waals surface area contributed by atoms with E-state index in [1.54, 1.807) is 0 Å². The Labute approximate surface area is 114 Å². The van der Waals surface area contributed by atoms with Gasteiger partial charge in [-0.2, -0.15) is 16.7 Å². The van der Waals surface area contributed by atoms with Crippen molar-refractivity contribution in [2.45, 2.75) is 5.25 Å². The Morgan fingerprint density at radius 2 is 2.06 bits per heavy atom. The van der Waals surface area contributed by atoms with Gasteiger partial charge in [-0.15, -0.1) is 11.8 Å². The van der Waals surface area contributed by atoms with E-state index in [4.69, 9.17) is 10.3 Å². The SMILES string of the molecule is Nc1ccc(-c2nc(C3CSCCS3)no2)cc1. The molecule has 2 heterocycles. The zero-order valence-electron chi connectivity index (χ0n) is 9.70. The Hall–Kier alpha value is -1.14. The second-order valence-corrected chi connectivity index (χ2v) is 6.47. The summed E-state index contributed by atoms with van der Waals surface area (Å²) in [6.07, 6.45) is 0. The molecule has 0 bridgehead atoms. The van der Waals surface area contributed by atoms with Crippen molar-refractivity contribution < 1.29 is 4.52 Å². The van der Waals surface area contributed by atoms with E-state index in [9.17, 15) is 0 Å². The Bertz CT molecular complexity index is 520. The zero-order chi connectivity index (χ0) is 12.4. The van der Waals surface area contributed by atoms with Crippen molar-refractivity contribution in [3.63, 3.8) is 0 Å². The first-order chi connectivity index (χ1) is 8.83. The molecule has 2 N–H and O–H groups in total. The fourth-order valence-electron chi connectivity index (χ4n) is 1.75. The van der Waals surface area contributed by atoms with Gasteiger partial charge in [0.2, 0.25) is 0 Å². The highest BCUT2D eigenvalue weighted by atomic mass is 32.2. The molecule has 2 aromatic rings. The third kappa shape index (κ3) is 2.49. The normalized spacial score (nSPS) is 19.9. The largest absolute Gasteiger partial charge is 0.399 e. The highest BCUT2D eigenvalue weighted by molar-refractivity contribution is 8.06. The van der Waals surface area contributed by atoms with Crippen LogP contribution in [0.1, 0.15) is 11.1 Å². The molecule has 0 saturated carbocycles. The third-order valence-corrected chi connectivity index (χ3v) is 5.45. The molecule has 0 spiro atoms. The molecule has 94 valence electrons. The lowest BCUT2D eigenvalue weighted by Crippen LogP contribution is -2.07. The van der Waals surface area contributed by atoms with Gasteiger partial charge in [-0.3, -0.25) is 0 Å². The van der Waals surface area contributed by atoms with Crippen molar-refractivity contribution in [2.75, 3.05) is 23.0 Å². The predicted octanol–water partition coefficient (Wildman–Crippen LogP) is 2.84. The van der Waals surface area contributed by atoms with Crippen LogP contribution in [-0.2, 0) is 0 Å². The van der Waals surface area contributed by atoms with Crippen LogP contribution in [0.3, 0.4) is 0 Å². The zero-order valence-corrected chi connectivity index (χ0v) is 11.3. The molecule has 1 aromatic heterocycles. The molecular weight excluding hydrogens is 266 g/mol. The fraction of sp³-hybridized carbons (Fsp3) is 0.333. The average Bonchev–Trinajstić information content (AvgIpc) is 2.90. The minimum absolute atomic E-state index is 0.357. The number of hydrogen-bond acceptors (Lipinski definition) is 6. The van der Waals surface area contributed by atoms with E-state index in [1.807, 2.05) is 47.8 Å². The van der Waals surface area contributed by atoms with Gasteiger partial charge in [0.15, 0.2) is 5.82 Å². The van der Waals surface area contributed by atoms with E-state index in [2.05, 4.69) is 10.1 Å². The minimum Gasteiger partial charge on any atom is -0.399 e. The quantitative estimate of drug-likeness (QED) is 0.853. The fourth-order valence-corrected chi connectivity index (χ4v) is 4.33. The molecule has 1 unspecified atom stereocenters. The Kier molecular flexibility index (Phi) is 3.47. The lowest BCUT2D eigenvalue weighted by atomic mass is 10.2. The molecule has 0 radical (unpaired) electrons. The number of rotatable bonds is 2. The van der Waals surface area contributed by atoms with Crippen molar-refractivity contribution >= 4 is 29.2 Å². The van der Waals surface area contributed by atoms with E-state index >= 15 is 0 Å². The number of thioether (sulfide) groups is 2. The van der Waals surface area contributed by atoms with E-state index < -0.39 is 0 Å². The molecule has 0 aliphatic carbocycles. The van der Waals surface area contributed by atoms with Gasteiger partial charge in [0.05, 0.1) is 5.25 Å². The van der Waals surface area contributed by atoms with Crippen LogP contribution < -0.4 is 5.73 Å². The van der Waals surface area contributed by atoms with E-state index in [1.165, 1.54) is 5.75 Å². The summed E-state index contributed by atoms with van der Waals surface area (Å²) >= 11 is 3.85. The van der Waals surface area contributed by atoms with Gasteiger partial charge in [0, 0.05) is 28.5 Å². The van der Waals surface area contributed by atoms with Crippen LogP contribution >= 0.6 is 23.5 Å². The number of nitrogens with zero attached hydrogens (tertiary/aromatic N) is 2. The van der Waals surface area contributed by atoms with Crippen LogP contribution in [0.4, 0.5) is 5.69 Å². The Morgan fingerprint density at radius 1 is 1.22 bits per heavy atom. The molecular formula is C12H13N3OS2. The molecule has 1 aromatic carbocycles. The van der Waals surface area contributed by atoms with Crippen molar-refractivity contribution in [3.05, 3.63) is 30.1 Å². The van der Waals surface area contributed by atoms with E-state index in [0.717, 1.165) is 28.6 Å². The van der Waals surface area contributed by atoms with Crippen LogP contribution in [0.15, 0.2) is 28.8 Å².